The number of aromatic nitrogens is 2. The highest BCUT2D eigenvalue weighted by atomic mass is 32.1. The summed E-state index contributed by atoms with van der Waals surface area (Å²) in [5.41, 5.74) is 7.30. The lowest BCUT2D eigenvalue weighted by Crippen LogP contribution is -1.95. The fraction of sp³-hybridized carbons (Fsp3) is 0. The van der Waals surface area contributed by atoms with Crippen molar-refractivity contribution in [1.82, 2.24) is 9.13 Å². The highest BCUT2D eigenvalue weighted by Crippen LogP contribution is 2.45. The van der Waals surface area contributed by atoms with Gasteiger partial charge in [0.2, 0.25) is 0 Å². The van der Waals surface area contributed by atoms with E-state index in [0.717, 1.165) is 0 Å². The number of fused-ring (bicyclic) bond motifs is 16. The van der Waals surface area contributed by atoms with Gasteiger partial charge in [0.15, 0.2) is 0 Å². The number of nitrogens with zero attached hydrogens (tertiary/aromatic N) is 2. The van der Waals surface area contributed by atoms with Crippen LogP contribution < -0.4 is 0 Å². The summed E-state index contributed by atoms with van der Waals surface area (Å²) < 4.78 is 7.62. The molecule has 0 saturated carbocycles. The highest BCUT2D eigenvalue weighted by molar-refractivity contribution is 7.26. The largest absolute Gasteiger partial charge is 0.309 e. The van der Waals surface area contributed by atoms with Gasteiger partial charge < -0.3 is 9.13 Å². The Bertz CT molecular complexity index is 3390. The molecule has 9 aromatic carbocycles. The van der Waals surface area contributed by atoms with Gasteiger partial charge in [-0.15, -0.1) is 11.3 Å². The third-order valence-corrected chi connectivity index (χ3v) is 12.3. The first-order valence-electron chi connectivity index (χ1n) is 17.5. The molecule has 0 amide bonds. The smallest absolute Gasteiger partial charge is 0.0640 e. The van der Waals surface area contributed by atoms with E-state index < -0.39 is 0 Å². The van der Waals surface area contributed by atoms with E-state index in [1.165, 1.54) is 107 Å². The van der Waals surface area contributed by atoms with Crippen molar-refractivity contribution >= 4 is 107 Å². The minimum atomic E-state index is 1.17. The van der Waals surface area contributed by atoms with Crippen LogP contribution in [0.5, 0.6) is 0 Å². The van der Waals surface area contributed by atoms with Gasteiger partial charge in [-0.25, -0.2) is 0 Å². The number of thiophene rings is 1. The molecule has 236 valence electrons. The maximum atomic E-state index is 2.50. The average molecular weight is 665 g/mol. The van der Waals surface area contributed by atoms with Crippen molar-refractivity contribution in [2.24, 2.45) is 0 Å². The Labute approximate surface area is 296 Å². The molecule has 0 N–H and O–H groups in total. The van der Waals surface area contributed by atoms with Crippen LogP contribution in [0.4, 0.5) is 0 Å². The second kappa shape index (κ2) is 10.1. The molecular formula is C48H28N2S. The molecule has 2 nitrogen and oxygen atoms in total. The Balaban J connectivity index is 1.20. The Morgan fingerprint density at radius 2 is 0.804 bits per heavy atom. The Morgan fingerprint density at radius 3 is 1.47 bits per heavy atom. The maximum Gasteiger partial charge on any atom is 0.0640 e. The van der Waals surface area contributed by atoms with E-state index in [2.05, 4.69) is 179 Å². The van der Waals surface area contributed by atoms with Gasteiger partial charge in [0.25, 0.3) is 0 Å². The van der Waals surface area contributed by atoms with Gasteiger partial charge in [0.05, 0.1) is 32.5 Å². The van der Waals surface area contributed by atoms with Crippen molar-refractivity contribution in [3.63, 3.8) is 0 Å². The molecule has 0 bridgehead atoms. The molecule has 12 aromatic rings. The summed E-state index contributed by atoms with van der Waals surface area (Å²) in [5, 5.41) is 15.5. The van der Waals surface area contributed by atoms with E-state index in [0.29, 0.717) is 0 Å². The summed E-state index contributed by atoms with van der Waals surface area (Å²) in [5.74, 6) is 0. The van der Waals surface area contributed by atoms with Crippen molar-refractivity contribution < 1.29 is 0 Å². The molecule has 0 fully saturated rings. The maximum absolute atomic E-state index is 2.50. The van der Waals surface area contributed by atoms with Crippen LogP contribution in [0.25, 0.3) is 107 Å². The van der Waals surface area contributed by atoms with Crippen LogP contribution in [-0.2, 0) is 0 Å². The molecule has 0 unspecified atom stereocenters. The molecule has 0 atom stereocenters. The zero-order chi connectivity index (χ0) is 33.2. The molecule has 0 aliphatic carbocycles. The molecule has 12 rings (SSSR count). The third kappa shape index (κ3) is 3.60. The van der Waals surface area contributed by atoms with Gasteiger partial charge in [0, 0.05) is 42.7 Å². The zero-order valence-corrected chi connectivity index (χ0v) is 28.3. The summed E-state index contributed by atoms with van der Waals surface area (Å²) in [6.07, 6.45) is 0. The quantitative estimate of drug-likeness (QED) is 0.163. The average Bonchev–Trinajstić information content (AvgIpc) is 3.85. The van der Waals surface area contributed by atoms with Crippen molar-refractivity contribution in [2.75, 3.05) is 0 Å². The lowest BCUT2D eigenvalue weighted by Gasteiger charge is -2.14. The van der Waals surface area contributed by atoms with E-state index in [1.54, 1.807) is 0 Å². The van der Waals surface area contributed by atoms with Crippen molar-refractivity contribution in [3.05, 3.63) is 170 Å². The number of para-hydroxylation sites is 2. The first-order chi connectivity index (χ1) is 25.3. The first-order valence-corrected chi connectivity index (χ1v) is 18.3. The SMILES string of the molecule is c1ccc2c(c1)sc1c(-n3c4ccccc4c4c5c6ccccc6n(-c6ccc7c8ccccc8c8ccccc8c7c6)c5ccc43)cccc12. The van der Waals surface area contributed by atoms with E-state index in [-0.39, 0.29) is 0 Å². The van der Waals surface area contributed by atoms with E-state index in [1.807, 2.05) is 11.3 Å². The number of benzene rings is 9. The second-order valence-electron chi connectivity index (χ2n) is 13.6. The summed E-state index contributed by atoms with van der Waals surface area (Å²) >= 11 is 1.89. The van der Waals surface area contributed by atoms with E-state index in [9.17, 15) is 0 Å². The molecule has 0 radical (unpaired) electrons. The van der Waals surface area contributed by atoms with Gasteiger partial charge in [-0.2, -0.15) is 0 Å². The molecular weight excluding hydrogens is 637 g/mol. The number of rotatable bonds is 2. The highest BCUT2D eigenvalue weighted by Gasteiger charge is 2.22. The topological polar surface area (TPSA) is 9.86 Å². The van der Waals surface area contributed by atoms with Crippen LogP contribution in [0, 0.1) is 0 Å². The van der Waals surface area contributed by atoms with Gasteiger partial charge >= 0.3 is 0 Å². The van der Waals surface area contributed by atoms with Crippen molar-refractivity contribution in [1.29, 1.82) is 0 Å². The predicted octanol–water partition coefficient (Wildman–Crippen LogP) is 13.7. The van der Waals surface area contributed by atoms with Crippen molar-refractivity contribution in [3.8, 4) is 11.4 Å². The van der Waals surface area contributed by atoms with E-state index >= 15 is 0 Å². The van der Waals surface area contributed by atoms with Crippen LogP contribution in [-0.4, -0.2) is 9.13 Å². The first kappa shape index (κ1) is 27.4. The summed E-state index contributed by atoms with van der Waals surface area (Å²) in [4.78, 5) is 0. The van der Waals surface area contributed by atoms with Crippen LogP contribution in [0.15, 0.2) is 170 Å². The molecule has 0 spiro atoms. The van der Waals surface area contributed by atoms with Crippen LogP contribution in [0.2, 0.25) is 0 Å². The van der Waals surface area contributed by atoms with Gasteiger partial charge in [0.1, 0.15) is 0 Å². The number of hydrogen-bond acceptors (Lipinski definition) is 1. The normalized spacial score (nSPS) is 12.3. The molecule has 0 aliphatic rings. The summed E-state index contributed by atoms with van der Waals surface area (Å²) in [7, 11) is 0. The van der Waals surface area contributed by atoms with Crippen molar-refractivity contribution in [2.45, 2.75) is 0 Å². The predicted molar refractivity (Wildman–Crippen MR) is 221 cm³/mol. The standard InChI is InChI=1S/C48H28N2S/c1-2-14-32-30(12-1)31-13-3-4-15-33(31)39-28-29(24-25-34(32)39)49-40-20-8-5-17-37(40)46-42(49)26-27-43-47(46)38-18-6-9-21-41(38)50(43)44-22-11-19-36-35-16-7-10-23-45(35)51-48(36)44/h1-28H. The van der Waals surface area contributed by atoms with Crippen LogP contribution >= 0.6 is 11.3 Å². The Hall–Kier alpha value is -6.42. The van der Waals surface area contributed by atoms with Gasteiger partial charge in [-0.05, 0) is 80.8 Å². The van der Waals surface area contributed by atoms with Gasteiger partial charge in [-0.3, -0.25) is 0 Å². The fourth-order valence-corrected chi connectivity index (χ4v) is 10.2. The van der Waals surface area contributed by atoms with Crippen LogP contribution in [0.3, 0.4) is 0 Å². The van der Waals surface area contributed by atoms with Gasteiger partial charge in [-0.1, -0.05) is 121 Å². The third-order valence-electron chi connectivity index (χ3n) is 11.1. The number of hydrogen-bond donors (Lipinski definition) is 0. The molecule has 0 saturated heterocycles. The second-order valence-corrected chi connectivity index (χ2v) is 14.7. The van der Waals surface area contributed by atoms with Crippen LogP contribution in [0.1, 0.15) is 0 Å². The minimum absolute atomic E-state index is 1.17. The Morgan fingerprint density at radius 1 is 0.314 bits per heavy atom. The van der Waals surface area contributed by atoms with E-state index in [4.69, 9.17) is 0 Å². The molecule has 3 heteroatoms. The summed E-state index contributed by atoms with van der Waals surface area (Å²) in [6.45, 7) is 0. The zero-order valence-electron chi connectivity index (χ0n) is 27.5. The molecule has 0 aliphatic heterocycles. The molecule has 3 aromatic heterocycles. The Kier molecular flexibility index (Phi) is 5.41. The molecule has 51 heavy (non-hydrogen) atoms. The monoisotopic (exact) mass is 664 g/mol. The summed E-state index contributed by atoms with van der Waals surface area (Å²) in [6, 6.07) is 62.8. The lowest BCUT2D eigenvalue weighted by molar-refractivity contribution is 1.18. The molecule has 3 heterocycles. The minimum Gasteiger partial charge on any atom is -0.309 e. The lowest BCUT2D eigenvalue weighted by atomic mass is 9.94. The fourth-order valence-electron chi connectivity index (χ4n) is 9.00.